The lowest BCUT2D eigenvalue weighted by Crippen LogP contribution is -2.18. The van der Waals surface area contributed by atoms with Crippen molar-refractivity contribution >= 4 is 17.1 Å². The van der Waals surface area contributed by atoms with Crippen LogP contribution in [0.5, 0.6) is 0 Å². The van der Waals surface area contributed by atoms with Gasteiger partial charge in [-0.15, -0.1) is 0 Å². The Hall–Kier alpha value is -1.91. The molecule has 0 saturated heterocycles. The van der Waals surface area contributed by atoms with Crippen molar-refractivity contribution in [2.24, 2.45) is 5.92 Å². The molecule has 0 radical (unpaired) electrons. The third-order valence-electron chi connectivity index (χ3n) is 5.48. The fraction of sp³-hybridized carbons (Fsp3) is 0.650. The second kappa shape index (κ2) is 7.98. The summed E-state index contributed by atoms with van der Waals surface area (Å²) in [6.45, 7) is 4.72. The number of imidazole rings is 1. The van der Waals surface area contributed by atoms with Crippen LogP contribution >= 0.6 is 0 Å². The predicted molar refractivity (Wildman–Crippen MR) is 98.7 cm³/mol. The average Bonchev–Trinajstić information content (AvgIpc) is 2.96. The van der Waals surface area contributed by atoms with E-state index in [-0.39, 0.29) is 6.42 Å². The van der Waals surface area contributed by atoms with E-state index in [2.05, 4.69) is 22.5 Å². The quantitative estimate of drug-likeness (QED) is 0.792. The third-order valence-corrected chi connectivity index (χ3v) is 5.48. The maximum Gasteiger partial charge on any atom is 0.305 e. The fourth-order valence-electron chi connectivity index (χ4n) is 4.07. The van der Waals surface area contributed by atoms with Crippen LogP contribution in [0, 0.1) is 12.8 Å². The molecular weight excluding hydrogens is 314 g/mol. The lowest BCUT2D eigenvalue weighted by Gasteiger charge is -2.28. The van der Waals surface area contributed by atoms with Crippen molar-refractivity contribution in [2.75, 3.05) is 0 Å². The molecule has 0 spiro atoms. The van der Waals surface area contributed by atoms with Gasteiger partial charge in [0.15, 0.2) is 5.65 Å². The first-order valence-corrected chi connectivity index (χ1v) is 9.63. The van der Waals surface area contributed by atoms with Crippen LogP contribution in [0.4, 0.5) is 0 Å². The van der Waals surface area contributed by atoms with Crippen molar-refractivity contribution in [3.05, 3.63) is 23.7 Å². The van der Waals surface area contributed by atoms with Gasteiger partial charge in [0.05, 0.1) is 6.42 Å². The van der Waals surface area contributed by atoms with E-state index in [0.717, 1.165) is 41.3 Å². The van der Waals surface area contributed by atoms with Crippen molar-refractivity contribution in [3.8, 4) is 0 Å². The molecule has 2 aromatic heterocycles. The Morgan fingerprint density at radius 1 is 1.32 bits per heavy atom. The molecule has 2 heterocycles. The Bertz CT molecular complexity index is 730. The lowest BCUT2D eigenvalue weighted by molar-refractivity contribution is -0.137. The van der Waals surface area contributed by atoms with E-state index in [4.69, 9.17) is 10.1 Å². The highest BCUT2D eigenvalue weighted by Crippen LogP contribution is 2.38. The number of carboxylic acids is 1. The van der Waals surface area contributed by atoms with Crippen LogP contribution in [0.15, 0.2) is 12.3 Å². The van der Waals surface area contributed by atoms with Gasteiger partial charge < -0.3 is 9.67 Å². The van der Waals surface area contributed by atoms with Crippen LogP contribution in [-0.2, 0) is 11.3 Å². The van der Waals surface area contributed by atoms with Crippen LogP contribution in [0.3, 0.4) is 0 Å². The summed E-state index contributed by atoms with van der Waals surface area (Å²) in [6, 6.07) is 2.05. The Kier molecular flexibility index (Phi) is 5.71. The SMILES string of the molecule is CCCCC1CCC(c2nc3cc(C)cnc3n2CCC(=O)O)CC1. The Labute approximate surface area is 149 Å². The summed E-state index contributed by atoms with van der Waals surface area (Å²) in [5.74, 6) is 1.56. The van der Waals surface area contributed by atoms with E-state index >= 15 is 0 Å². The van der Waals surface area contributed by atoms with Gasteiger partial charge in [-0.3, -0.25) is 4.79 Å². The second-order valence-electron chi connectivity index (χ2n) is 7.48. The highest BCUT2D eigenvalue weighted by Gasteiger charge is 2.27. The van der Waals surface area contributed by atoms with Gasteiger partial charge in [-0.2, -0.15) is 0 Å². The molecule has 1 aliphatic rings. The number of nitrogens with zero attached hydrogens (tertiary/aromatic N) is 3. The smallest absolute Gasteiger partial charge is 0.305 e. The van der Waals surface area contributed by atoms with E-state index in [1.54, 1.807) is 0 Å². The number of aryl methyl sites for hydroxylation is 2. The molecule has 5 heteroatoms. The summed E-state index contributed by atoms with van der Waals surface area (Å²) >= 11 is 0. The van der Waals surface area contributed by atoms with Gasteiger partial charge in [-0.25, -0.2) is 9.97 Å². The van der Waals surface area contributed by atoms with Crippen LogP contribution in [-0.4, -0.2) is 25.6 Å². The van der Waals surface area contributed by atoms with E-state index in [0.29, 0.717) is 12.5 Å². The number of hydrogen-bond acceptors (Lipinski definition) is 3. The monoisotopic (exact) mass is 343 g/mol. The first-order chi connectivity index (χ1) is 12.1. The van der Waals surface area contributed by atoms with Crippen molar-refractivity contribution in [1.82, 2.24) is 14.5 Å². The average molecular weight is 343 g/mol. The van der Waals surface area contributed by atoms with Gasteiger partial charge in [-0.05, 0) is 50.2 Å². The summed E-state index contributed by atoms with van der Waals surface area (Å²) in [4.78, 5) is 20.5. The molecule has 136 valence electrons. The molecule has 1 fully saturated rings. The lowest BCUT2D eigenvalue weighted by atomic mass is 9.79. The zero-order valence-corrected chi connectivity index (χ0v) is 15.4. The van der Waals surface area contributed by atoms with Crippen LogP contribution in [0.1, 0.15) is 75.6 Å². The van der Waals surface area contributed by atoms with Gasteiger partial charge >= 0.3 is 5.97 Å². The minimum atomic E-state index is -0.775. The number of carbonyl (C=O) groups is 1. The Morgan fingerprint density at radius 2 is 2.08 bits per heavy atom. The number of unbranched alkanes of at least 4 members (excludes halogenated alkanes) is 1. The number of aromatic nitrogens is 3. The van der Waals surface area contributed by atoms with Crippen LogP contribution < -0.4 is 0 Å². The number of hydrogen-bond donors (Lipinski definition) is 1. The van der Waals surface area contributed by atoms with Gasteiger partial charge in [0.2, 0.25) is 0 Å². The minimum Gasteiger partial charge on any atom is -0.481 e. The molecule has 1 aliphatic carbocycles. The van der Waals surface area contributed by atoms with Gasteiger partial charge in [0.1, 0.15) is 11.3 Å². The predicted octanol–water partition coefficient (Wildman–Crippen LogP) is 4.68. The summed E-state index contributed by atoms with van der Waals surface area (Å²) in [5.41, 5.74) is 2.81. The first-order valence-electron chi connectivity index (χ1n) is 9.63. The molecule has 0 atom stereocenters. The van der Waals surface area contributed by atoms with Crippen molar-refractivity contribution < 1.29 is 9.90 Å². The molecule has 5 nitrogen and oxygen atoms in total. The molecule has 0 aliphatic heterocycles. The molecule has 0 unspecified atom stereocenters. The largest absolute Gasteiger partial charge is 0.481 e. The maximum atomic E-state index is 11.1. The normalized spacial score (nSPS) is 20.9. The zero-order valence-electron chi connectivity index (χ0n) is 15.4. The second-order valence-corrected chi connectivity index (χ2v) is 7.48. The van der Waals surface area contributed by atoms with Gasteiger partial charge in [0.25, 0.3) is 0 Å². The maximum absolute atomic E-state index is 11.1. The third kappa shape index (κ3) is 4.20. The molecule has 0 aromatic carbocycles. The molecule has 1 saturated carbocycles. The number of pyridine rings is 1. The molecule has 25 heavy (non-hydrogen) atoms. The topological polar surface area (TPSA) is 68.0 Å². The van der Waals surface area contributed by atoms with Gasteiger partial charge in [-0.1, -0.05) is 26.2 Å². The number of rotatable bonds is 7. The van der Waals surface area contributed by atoms with E-state index in [1.807, 2.05) is 13.1 Å². The van der Waals surface area contributed by atoms with E-state index in [9.17, 15) is 4.79 Å². The molecule has 1 N–H and O–H groups in total. The van der Waals surface area contributed by atoms with Crippen LogP contribution in [0.2, 0.25) is 0 Å². The number of aliphatic carboxylic acids is 1. The Morgan fingerprint density at radius 3 is 2.76 bits per heavy atom. The van der Waals surface area contributed by atoms with Gasteiger partial charge in [0, 0.05) is 18.7 Å². The van der Waals surface area contributed by atoms with Crippen LogP contribution in [0.25, 0.3) is 11.2 Å². The molecule has 0 bridgehead atoms. The van der Waals surface area contributed by atoms with Crippen molar-refractivity contribution in [2.45, 2.75) is 77.7 Å². The standard InChI is InChI=1S/C20H29N3O2/c1-3-4-5-15-6-8-16(9-7-15)19-22-17-12-14(2)13-21-20(17)23(19)11-10-18(24)25/h12-13,15-16H,3-11H2,1-2H3,(H,24,25). The summed E-state index contributed by atoms with van der Waals surface area (Å²) in [5, 5.41) is 9.09. The summed E-state index contributed by atoms with van der Waals surface area (Å²) in [6.07, 6.45) is 10.7. The highest BCUT2D eigenvalue weighted by atomic mass is 16.4. The zero-order chi connectivity index (χ0) is 17.8. The first kappa shape index (κ1) is 17.9. The number of carboxylic acid groups (broad SMARTS) is 1. The highest BCUT2D eigenvalue weighted by molar-refractivity contribution is 5.73. The minimum absolute atomic E-state index is 0.111. The summed E-state index contributed by atoms with van der Waals surface area (Å²) in [7, 11) is 0. The van der Waals surface area contributed by atoms with E-state index in [1.165, 1.54) is 32.1 Å². The summed E-state index contributed by atoms with van der Waals surface area (Å²) < 4.78 is 2.06. The Balaban J connectivity index is 1.82. The van der Waals surface area contributed by atoms with Crippen molar-refractivity contribution in [3.63, 3.8) is 0 Å². The molecule has 3 rings (SSSR count). The number of fused-ring (bicyclic) bond motifs is 1. The molecule has 2 aromatic rings. The van der Waals surface area contributed by atoms with Crippen molar-refractivity contribution in [1.29, 1.82) is 0 Å². The molecular formula is C20H29N3O2. The molecule has 0 amide bonds. The fourth-order valence-corrected chi connectivity index (χ4v) is 4.07. The van der Waals surface area contributed by atoms with E-state index < -0.39 is 5.97 Å².